The van der Waals surface area contributed by atoms with Crippen LogP contribution in [0.2, 0.25) is 0 Å². The first-order valence-electron chi connectivity index (χ1n) is 10.5. The summed E-state index contributed by atoms with van der Waals surface area (Å²) in [7, 11) is -0.314. The van der Waals surface area contributed by atoms with Crippen LogP contribution in [0.25, 0.3) is 0 Å². The molecule has 1 atom stereocenters. The van der Waals surface area contributed by atoms with E-state index in [0.29, 0.717) is 43.0 Å². The lowest BCUT2D eigenvalue weighted by atomic mass is 9.98. The highest BCUT2D eigenvalue weighted by atomic mass is 32.2. The molecule has 0 aliphatic carbocycles. The third kappa shape index (κ3) is 6.21. The van der Waals surface area contributed by atoms with Crippen LogP contribution in [0.1, 0.15) is 24.8 Å². The highest BCUT2D eigenvalue weighted by Gasteiger charge is 2.32. The average Bonchev–Trinajstić information content (AvgIpc) is 2.79. The predicted octanol–water partition coefficient (Wildman–Crippen LogP) is 3.32. The fourth-order valence-corrected chi connectivity index (χ4v) is 5.38. The van der Waals surface area contributed by atoms with Gasteiger partial charge < -0.3 is 14.8 Å². The lowest BCUT2D eigenvalue weighted by molar-refractivity contribution is -0.120. The molecule has 1 aliphatic heterocycles. The molecule has 8 heteroatoms. The van der Waals surface area contributed by atoms with E-state index in [-0.39, 0.29) is 24.1 Å². The number of nitrogens with one attached hydrogen (secondary N) is 1. The van der Waals surface area contributed by atoms with E-state index in [9.17, 15) is 13.2 Å². The second-order valence-corrected chi connectivity index (χ2v) is 9.75. The van der Waals surface area contributed by atoms with Crippen LogP contribution < -0.4 is 14.8 Å². The first kappa shape index (κ1) is 23.1. The van der Waals surface area contributed by atoms with E-state index in [1.165, 1.54) is 11.4 Å². The van der Waals surface area contributed by atoms with Gasteiger partial charge in [0.1, 0.15) is 0 Å². The quantitative estimate of drug-likeness (QED) is 0.639. The molecule has 3 rings (SSSR count). The van der Waals surface area contributed by atoms with Gasteiger partial charge in [-0.15, -0.1) is 0 Å². The van der Waals surface area contributed by atoms with Crippen molar-refractivity contribution >= 4 is 21.6 Å². The van der Waals surface area contributed by atoms with Gasteiger partial charge in [-0.2, -0.15) is 0 Å². The highest BCUT2D eigenvalue weighted by molar-refractivity contribution is 7.89. The van der Waals surface area contributed by atoms with Crippen LogP contribution in [0, 0.1) is 5.92 Å². The van der Waals surface area contributed by atoms with E-state index >= 15 is 0 Å². The van der Waals surface area contributed by atoms with Crippen LogP contribution in [0.3, 0.4) is 0 Å². The molecule has 7 nitrogen and oxygen atoms in total. The summed E-state index contributed by atoms with van der Waals surface area (Å²) in [5.41, 5.74) is 1.72. The van der Waals surface area contributed by atoms with E-state index in [4.69, 9.17) is 9.47 Å². The van der Waals surface area contributed by atoms with Crippen molar-refractivity contribution in [2.75, 3.05) is 38.4 Å². The summed E-state index contributed by atoms with van der Waals surface area (Å²) in [5, 5.41) is 2.88. The number of carbonyl (C=O) groups excluding carboxylic acids is 1. The van der Waals surface area contributed by atoms with Gasteiger partial charge in [0.2, 0.25) is 15.9 Å². The number of nitrogens with zero attached hydrogens (tertiary/aromatic N) is 1. The third-order valence-electron chi connectivity index (χ3n) is 5.51. The van der Waals surface area contributed by atoms with Crippen molar-refractivity contribution < 1.29 is 22.7 Å². The molecule has 31 heavy (non-hydrogen) atoms. The Morgan fingerprint density at radius 1 is 1.10 bits per heavy atom. The molecule has 1 amide bonds. The number of hydrogen-bond donors (Lipinski definition) is 1. The van der Waals surface area contributed by atoms with Gasteiger partial charge in [-0.05, 0) is 43.4 Å². The Labute approximate surface area is 184 Å². The number of carbonyl (C=O) groups is 1. The van der Waals surface area contributed by atoms with Gasteiger partial charge in [-0.3, -0.25) is 4.79 Å². The number of benzene rings is 2. The zero-order chi connectivity index (χ0) is 22.3. The smallest absolute Gasteiger partial charge is 0.228 e. The van der Waals surface area contributed by atoms with E-state index in [0.717, 1.165) is 12.0 Å². The van der Waals surface area contributed by atoms with E-state index in [1.807, 2.05) is 30.3 Å². The maximum Gasteiger partial charge on any atom is 0.228 e. The van der Waals surface area contributed by atoms with Crippen molar-refractivity contribution in [3.05, 3.63) is 54.1 Å². The number of sulfonamides is 1. The molecule has 2 aromatic rings. The second-order valence-electron chi connectivity index (χ2n) is 7.66. The van der Waals surface area contributed by atoms with E-state index in [1.54, 1.807) is 25.3 Å². The zero-order valence-electron chi connectivity index (χ0n) is 18.0. The Kier molecular flexibility index (Phi) is 7.92. The summed E-state index contributed by atoms with van der Waals surface area (Å²) in [6.45, 7) is 0.681. The Morgan fingerprint density at radius 2 is 1.84 bits per heavy atom. The van der Waals surface area contributed by atoms with Crippen molar-refractivity contribution in [2.45, 2.75) is 25.7 Å². The van der Waals surface area contributed by atoms with E-state index in [2.05, 4.69) is 5.32 Å². The molecule has 0 aromatic heterocycles. The van der Waals surface area contributed by atoms with Crippen molar-refractivity contribution in [3.8, 4) is 11.5 Å². The SMILES string of the molecule is COc1ccc(NC(=O)[C@H]2CCCN(S(=O)(=O)CCCc3ccccc3)C2)cc1OC. The van der Waals surface area contributed by atoms with Crippen LogP contribution in [0.5, 0.6) is 11.5 Å². The molecule has 1 saturated heterocycles. The molecular formula is C23H30N2O5S. The monoisotopic (exact) mass is 446 g/mol. The number of rotatable bonds is 9. The molecule has 0 bridgehead atoms. The molecule has 0 unspecified atom stereocenters. The van der Waals surface area contributed by atoms with Gasteiger partial charge in [-0.1, -0.05) is 30.3 Å². The molecular weight excluding hydrogens is 416 g/mol. The normalized spacial score (nSPS) is 17.2. The summed E-state index contributed by atoms with van der Waals surface area (Å²) in [6, 6.07) is 15.0. The maximum atomic E-state index is 12.8. The Morgan fingerprint density at radius 3 is 2.55 bits per heavy atom. The number of piperidine rings is 1. The van der Waals surface area contributed by atoms with Crippen LogP contribution >= 0.6 is 0 Å². The minimum absolute atomic E-state index is 0.0892. The molecule has 1 N–H and O–H groups in total. The van der Waals surface area contributed by atoms with Crippen LogP contribution in [-0.4, -0.2) is 51.7 Å². The van der Waals surface area contributed by atoms with Crippen molar-refractivity contribution in [2.24, 2.45) is 5.92 Å². The molecule has 0 saturated carbocycles. The van der Waals surface area contributed by atoms with Gasteiger partial charge >= 0.3 is 0 Å². The number of ether oxygens (including phenoxy) is 2. The van der Waals surface area contributed by atoms with Gasteiger partial charge in [0.25, 0.3) is 0 Å². The fourth-order valence-electron chi connectivity index (χ4n) is 3.80. The number of anilines is 1. The topological polar surface area (TPSA) is 84.9 Å². The van der Waals surface area contributed by atoms with Crippen molar-refractivity contribution in [3.63, 3.8) is 0 Å². The van der Waals surface area contributed by atoms with Crippen LogP contribution in [0.15, 0.2) is 48.5 Å². The summed E-state index contributed by atoms with van der Waals surface area (Å²) >= 11 is 0. The minimum Gasteiger partial charge on any atom is -0.493 e. The highest BCUT2D eigenvalue weighted by Crippen LogP contribution is 2.30. The largest absolute Gasteiger partial charge is 0.493 e. The summed E-state index contributed by atoms with van der Waals surface area (Å²) < 4.78 is 37.6. The zero-order valence-corrected chi connectivity index (χ0v) is 18.9. The Balaban J connectivity index is 1.57. The maximum absolute atomic E-state index is 12.8. The van der Waals surface area contributed by atoms with Gasteiger partial charge in [0.15, 0.2) is 11.5 Å². The predicted molar refractivity (Wildman–Crippen MR) is 121 cm³/mol. The van der Waals surface area contributed by atoms with Crippen molar-refractivity contribution in [1.82, 2.24) is 4.31 Å². The van der Waals surface area contributed by atoms with Gasteiger partial charge in [-0.25, -0.2) is 12.7 Å². The summed E-state index contributed by atoms with van der Waals surface area (Å²) in [5.74, 6) is 0.617. The number of hydrogen-bond acceptors (Lipinski definition) is 5. The number of methoxy groups -OCH3 is 2. The first-order chi connectivity index (χ1) is 14.9. The lowest BCUT2D eigenvalue weighted by Gasteiger charge is -2.31. The number of amides is 1. The molecule has 1 heterocycles. The van der Waals surface area contributed by atoms with E-state index < -0.39 is 10.0 Å². The molecule has 1 aliphatic rings. The van der Waals surface area contributed by atoms with Gasteiger partial charge in [0.05, 0.1) is 25.9 Å². The lowest BCUT2D eigenvalue weighted by Crippen LogP contribution is -2.44. The first-order valence-corrected chi connectivity index (χ1v) is 12.1. The molecule has 168 valence electrons. The molecule has 0 spiro atoms. The molecule has 2 aromatic carbocycles. The Hall–Kier alpha value is -2.58. The standard InChI is InChI=1S/C23H30N2O5S/c1-29-21-13-12-20(16-22(21)30-2)24-23(26)19-11-6-14-25(17-19)31(27,28)15-7-10-18-8-4-3-5-9-18/h3-5,8-9,12-13,16,19H,6-7,10-11,14-15,17H2,1-2H3,(H,24,26)/t19-/m0/s1. The third-order valence-corrected chi connectivity index (χ3v) is 7.43. The summed E-state index contributed by atoms with van der Waals surface area (Å²) in [6.07, 6.45) is 2.61. The summed E-state index contributed by atoms with van der Waals surface area (Å²) in [4.78, 5) is 12.8. The fraction of sp³-hybridized carbons (Fsp3) is 0.435. The van der Waals surface area contributed by atoms with Gasteiger partial charge in [0, 0.05) is 24.8 Å². The van der Waals surface area contributed by atoms with Crippen LogP contribution in [-0.2, 0) is 21.2 Å². The second kappa shape index (κ2) is 10.6. The van der Waals surface area contributed by atoms with Crippen LogP contribution in [0.4, 0.5) is 5.69 Å². The van der Waals surface area contributed by atoms with Crippen molar-refractivity contribution in [1.29, 1.82) is 0 Å². The number of aryl methyl sites for hydroxylation is 1. The minimum atomic E-state index is -3.40. The molecule has 1 fully saturated rings. The molecule has 0 radical (unpaired) electrons. The average molecular weight is 447 g/mol. The Bertz CT molecular complexity index is 979.